The van der Waals surface area contributed by atoms with Gasteiger partial charge in [0.1, 0.15) is 17.3 Å². The van der Waals surface area contributed by atoms with Crippen molar-refractivity contribution in [2.24, 2.45) is 0 Å². The molecule has 0 saturated carbocycles. The molecule has 0 amide bonds. The monoisotopic (exact) mass is 287 g/mol. The molecule has 2 aromatic rings. The minimum absolute atomic E-state index is 0.115. The first-order valence-corrected chi connectivity index (χ1v) is 7.26. The van der Waals surface area contributed by atoms with Gasteiger partial charge in [-0.3, -0.25) is 0 Å². The van der Waals surface area contributed by atoms with Crippen molar-refractivity contribution in [3.05, 3.63) is 59.4 Å². The first-order chi connectivity index (χ1) is 10.0. The molecule has 2 aromatic carbocycles. The molecular weight excluding hydrogens is 265 g/mol. The summed E-state index contributed by atoms with van der Waals surface area (Å²) in [4.78, 5) is 0. The second kappa shape index (κ2) is 6.72. The van der Waals surface area contributed by atoms with Gasteiger partial charge in [0.25, 0.3) is 0 Å². The summed E-state index contributed by atoms with van der Waals surface area (Å²) in [6.45, 7) is 6.21. The molecule has 0 saturated heterocycles. The van der Waals surface area contributed by atoms with Gasteiger partial charge in [-0.1, -0.05) is 32.0 Å². The van der Waals surface area contributed by atoms with Crippen LogP contribution in [-0.2, 0) is 0 Å². The van der Waals surface area contributed by atoms with E-state index in [0.29, 0.717) is 17.2 Å². The van der Waals surface area contributed by atoms with Gasteiger partial charge >= 0.3 is 0 Å². The Bertz CT molecular complexity index is 593. The first-order valence-electron chi connectivity index (χ1n) is 7.26. The van der Waals surface area contributed by atoms with Gasteiger partial charge < -0.3 is 10.1 Å². The summed E-state index contributed by atoms with van der Waals surface area (Å²) in [6.07, 6.45) is 0. The lowest BCUT2D eigenvalue weighted by molar-refractivity contribution is 0.452. The molecule has 1 unspecified atom stereocenters. The third-order valence-electron chi connectivity index (χ3n) is 3.65. The van der Waals surface area contributed by atoms with E-state index in [9.17, 15) is 4.39 Å². The maximum Gasteiger partial charge on any atom is 0.135 e. The summed E-state index contributed by atoms with van der Waals surface area (Å²) in [5.74, 6) is 1.49. The Kier molecular flexibility index (Phi) is 4.97. The number of benzene rings is 2. The van der Waals surface area contributed by atoms with Crippen LogP contribution in [0.25, 0.3) is 0 Å². The molecule has 3 heteroatoms. The van der Waals surface area contributed by atoms with E-state index in [1.807, 2.05) is 31.2 Å². The Morgan fingerprint density at radius 1 is 1.00 bits per heavy atom. The lowest BCUT2D eigenvalue weighted by Crippen LogP contribution is -2.14. The van der Waals surface area contributed by atoms with Gasteiger partial charge in [-0.05, 0) is 49.7 Å². The predicted octanol–water partition coefficient (Wildman–Crippen LogP) is 5.02. The molecule has 1 atom stereocenters. The summed E-state index contributed by atoms with van der Waals surface area (Å²) >= 11 is 0. The standard InChI is InChI=1S/C18H22FNO/c1-12(2)14-8-10-15(11-9-14)21-17-7-5-6-16(19)18(17)13(3)20-4/h5-13,20H,1-4H3. The van der Waals surface area contributed by atoms with E-state index in [4.69, 9.17) is 4.74 Å². The Hall–Kier alpha value is -1.87. The number of rotatable bonds is 5. The fourth-order valence-corrected chi connectivity index (χ4v) is 2.22. The molecule has 2 nitrogen and oxygen atoms in total. The lowest BCUT2D eigenvalue weighted by Gasteiger charge is -2.17. The van der Waals surface area contributed by atoms with Crippen LogP contribution in [0, 0.1) is 5.82 Å². The quantitative estimate of drug-likeness (QED) is 0.833. The zero-order valence-electron chi connectivity index (χ0n) is 13.0. The molecule has 1 N–H and O–H groups in total. The van der Waals surface area contributed by atoms with Crippen LogP contribution in [0.2, 0.25) is 0 Å². The van der Waals surface area contributed by atoms with Crippen LogP contribution in [0.5, 0.6) is 11.5 Å². The van der Waals surface area contributed by atoms with Crippen LogP contribution >= 0.6 is 0 Å². The van der Waals surface area contributed by atoms with Crippen molar-refractivity contribution in [2.75, 3.05) is 7.05 Å². The number of hydrogen-bond donors (Lipinski definition) is 1. The molecule has 0 spiro atoms. The summed E-state index contributed by atoms with van der Waals surface area (Å²) in [7, 11) is 1.80. The van der Waals surface area contributed by atoms with Crippen LogP contribution in [0.15, 0.2) is 42.5 Å². The van der Waals surface area contributed by atoms with Crippen molar-refractivity contribution < 1.29 is 9.13 Å². The Morgan fingerprint density at radius 3 is 2.24 bits per heavy atom. The van der Waals surface area contributed by atoms with Gasteiger partial charge in [-0.25, -0.2) is 4.39 Å². The molecule has 0 bridgehead atoms. The van der Waals surface area contributed by atoms with Crippen LogP contribution < -0.4 is 10.1 Å². The van der Waals surface area contributed by atoms with Gasteiger partial charge in [0.15, 0.2) is 0 Å². The number of nitrogens with one attached hydrogen (secondary N) is 1. The molecule has 0 aromatic heterocycles. The highest BCUT2D eigenvalue weighted by molar-refractivity contribution is 5.41. The van der Waals surface area contributed by atoms with E-state index in [-0.39, 0.29) is 11.9 Å². The van der Waals surface area contributed by atoms with Gasteiger partial charge in [-0.15, -0.1) is 0 Å². The molecule has 0 aliphatic carbocycles. The summed E-state index contributed by atoms with van der Waals surface area (Å²) < 4.78 is 19.9. The average molecular weight is 287 g/mol. The minimum atomic E-state index is -0.256. The van der Waals surface area contributed by atoms with Crippen molar-refractivity contribution in [1.82, 2.24) is 5.32 Å². The van der Waals surface area contributed by atoms with Crippen LogP contribution in [0.4, 0.5) is 4.39 Å². The van der Waals surface area contributed by atoms with Crippen molar-refractivity contribution >= 4 is 0 Å². The van der Waals surface area contributed by atoms with Gasteiger partial charge in [-0.2, -0.15) is 0 Å². The van der Waals surface area contributed by atoms with E-state index >= 15 is 0 Å². The molecule has 0 aliphatic rings. The molecular formula is C18H22FNO. The van der Waals surface area contributed by atoms with Gasteiger partial charge in [0.2, 0.25) is 0 Å². The predicted molar refractivity (Wildman–Crippen MR) is 84.5 cm³/mol. The highest BCUT2D eigenvalue weighted by Gasteiger charge is 2.16. The van der Waals surface area contributed by atoms with Gasteiger partial charge in [0.05, 0.1) is 0 Å². The van der Waals surface area contributed by atoms with Crippen molar-refractivity contribution in [3.63, 3.8) is 0 Å². The van der Waals surface area contributed by atoms with E-state index in [1.54, 1.807) is 19.2 Å². The number of halogens is 1. The maximum absolute atomic E-state index is 14.0. The molecule has 21 heavy (non-hydrogen) atoms. The molecule has 0 fully saturated rings. The Balaban J connectivity index is 2.29. The van der Waals surface area contributed by atoms with Crippen LogP contribution in [0.3, 0.4) is 0 Å². The third-order valence-corrected chi connectivity index (χ3v) is 3.65. The Labute approximate surface area is 126 Å². The molecule has 0 aliphatic heterocycles. The van der Waals surface area contributed by atoms with E-state index < -0.39 is 0 Å². The van der Waals surface area contributed by atoms with E-state index in [0.717, 1.165) is 5.75 Å². The highest BCUT2D eigenvalue weighted by Crippen LogP contribution is 2.32. The number of ether oxygens (including phenoxy) is 1. The van der Waals surface area contributed by atoms with Crippen LogP contribution in [-0.4, -0.2) is 7.05 Å². The van der Waals surface area contributed by atoms with Gasteiger partial charge in [0, 0.05) is 11.6 Å². The fraction of sp³-hybridized carbons (Fsp3) is 0.333. The normalized spacial score (nSPS) is 12.5. The van der Waals surface area contributed by atoms with Crippen LogP contribution in [0.1, 0.15) is 43.9 Å². The van der Waals surface area contributed by atoms with E-state index in [1.165, 1.54) is 11.6 Å². The van der Waals surface area contributed by atoms with Crippen molar-refractivity contribution in [3.8, 4) is 11.5 Å². The largest absolute Gasteiger partial charge is 0.457 e. The maximum atomic E-state index is 14.0. The van der Waals surface area contributed by atoms with E-state index in [2.05, 4.69) is 19.2 Å². The van der Waals surface area contributed by atoms with Crippen molar-refractivity contribution in [1.29, 1.82) is 0 Å². The smallest absolute Gasteiger partial charge is 0.135 e. The second-order valence-electron chi connectivity index (χ2n) is 5.49. The molecule has 2 rings (SSSR count). The van der Waals surface area contributed by atoms with Crippen molar-refractivity contribution in [2.45, 2.75) is 32.7 Å². The fourth-order valence-electron chi connectivity index (χ4n) is 2.22. The minimum Gasteiger partial charge on any atom is -0.457 e. The summed E-state index contributed by atoms with van der Waals surface area (Å²) in [6, 6.07) is 12.7. The Morgan fingerprint density at radius 2 is 1.67 bits per heavy atom. The SMILES string of the molecule is CNC(C)c1c(F)cccc1Oc1ccc(C(C)C)cc1. The average Bonchev–Trinajstić information content (AvgIpc) is 2.47. The number of hydrogen-bond acceptors (Lipinski definition) is 2. The zero-order valence-corrected chi connectivity index (χ0v) is 13.0. The highest BCUT2D eigenvalue weighted by atomic mass is 19.1. The lowest BCUT2D eigenvalue weighted by atomic mass is 10.0. The zero-order chi connectivity index (χ0) is 15.4. The third kappa shape index (κ3) is 3.61. The molecule has 112 valence electrons. The first kappa shape index (κ1) is 15.5. The second-order valence-corrected chi connectivity index (χ2v) is 5.49. The summed E-state index contributed by atoms with van der Waals surface area (Å²) in [5.41, 5.74) is 1.80. The molecule has 0 heterocycles. The topological polar surface area (TPSA) is 21.3 Å². The summed E-state index contributed by atoms with van der Waals surface area (Å²) in [5, 5.41) is 3.05. The molecule has 0 radical (unpaired) electrons.